The number of nitrogens with zero attached hydrogens (tertiary/aromatic N) is 1. The quantitative estimate of drug-likeness (QED) is 0.253. The SMILES string of the molecule is C=C(C)/C(C)=N\OCc1c(C)cccc1/C(=C\OC)C(=O)OC. The maximum atomic E-state index is 12.0. The summed E-state index contributed by atoms with van der Waals surface area (Å²) in [7, 11) is 2.81. The van der Waals surface area contributed by atoms with Crippen LogP contribution < -0.4 is 0 Å². The number of rotatable bonds is 7. The number of methoxy groups -OCH3 is 2. The van der Waals surface area contributed by atoms with E-state index in [2.05, 4.69) is 11.7 Å². The van der Waals surface area contributed by atoms with Crippen molar-refractivity contribution in [3.05, 3.63) is 53.3 Å². The highest BCUT2D eigenvalue weighted by Crippen LogP contribution is 2.24. The van der Waals surface area contributed by atoms with Crippen molar-refractivity contribution in [2.45, 2.75) is 27.4 Å². The van der Waals surface area contributed by atoms with Gasteiger partial charge >= 0.3 is 5.97 Å². The first-order valence-corrected chi connectivity index (χ1v) is 7.15. The molecule has 124 valence electrons. The number of benzene rings is 1. The lowest BCUT2D eigenvalue weighted by Crippen LogP contribution is -2.08. The third-order valence-corrected chi connectivity index (χ3v) is 3.37. The van der Waals surface area contributed by atoms with Crippen LogP contribution in [0.1, 0.15) is 30.5 Å². The molecule has 1 aromatic carbocycles. The van der Waals surface area contributed by atoms with Gasteiger partial charge in [0.05, 0.1) is 26.2 Å². The molecule has 0 atom stereocenters. The van der Waals surface area contributed by atoms with Gasteiger partial charge in [-0.2, -0.15) is 0 Å². The largest absolute Gasteiger partial charge is 0.503 e. The molecule has 0 heterocycles. The zero-order valence-electron chi connectivity index (χ0n) is 14.3. The molecule has 0 amide bonds. The Morgan fingerprint density at radius 2 is 2.00 bits per heavy atom. The minimum absolute atomic E-state index is 0.227. The van der Waals surface area contributed by atoms with Crippen LogP contribution in [0.5, 0.6) is 0 Å². The predicted octanol–water partition coefficient (Wildman–Crippen LogP) is 3.62. The number of ether oxygens (including phenoxy) is 2. The van der Waals surface area contributed by atoms with E-state index in [1.165, 1.54) is 20.5 Å². The third kappa shape index (κ3) is 4.98. The maximum absolute atomic E-state index is 12.0. The molecule has 0 saturated carbocycles. The summed E-state index contributed by atoms with van der Waals surface area (Å²) in [4.78, 5) is 17.4. The predicted molar refractivity (Wildman–Crippen MR) is 90.9 cm³/mol. The summed E-state index contributed by atoms with van der Waals surface area (Å²) in [6.45, 7) is 9.66. The van der Waals surface area contributed by atoms with Crippen LogP contribution >= 0.6 is 0 Å². The Labute approximate surface area is 137 Å². The van der Waals surface area contributed by atoms with Crippen molar-refractivity contribution in [1.29, 1.82) is 0 Å². The molecule has 0 aromatic heterocycles. The lowest BCUT2D eigenvalue weighted by atomic mass is 9.97. The van der Waals surface area contributed by atoms with Crippen molar-refractivity contribution in [3.63, 3.8) is 0 Å². The van der Waals surface area contributed by atoms with E-state index >= 15 is 0 Å². The minimum Gasteiger partial charge on any atom is -0.503 e. The van der Waals surface area contributed by atoms with Crippen LogP contribution in [-0.4, -0.2) is 25.9 Å². The smallest absolute Gasteiger partial charge is 0.341 e. The van der Waals surface area contributed by atoms with E-state index in [-0.39, 0.29) is 6.61 Å². The number of hydrogen-bond donors (Lipinski definition) is 0. The van der Waals surface area contributed by atoms with Crippen molar-refractivity contribution < 1.29 is 19.1 Å². The Balaban J connectivity index is 3.18. The lowest BCUT2D eigenvalue weighted by Gasteiger charge is -2.13. The number of esters is 1. The van der Waals surface area contributed by atoms with Gasteiger partial charge < -0.3 is 14.3 Å². The van der Waals surface area contributed by atoms with Crippen molar-refractivity contribution in [1.82, 2.24) is 0 Å². The number of carbonyl (C=O) groups excluding carboxylic acids is 1. The molecule has 1 rings (SSSR count). The van der Waals surface area contributed by atoms with E-state index in [9.17, 15) is 4.79 Å². The van der Waals surface area contributed by atoms with E-state index in [1.54, 1.807) is 0 Å². The first-order valence-electron chi connectivity index (χ1n) is 7.15. The van der Waals surface area contributed by atoms with Gasteiger partial charge in [-0.1, -0.05) is 29.9 Å². The van der Waals surface area contributed by atoms with E-state index in [0.717, 1.165) is 22.4 Å². The number of allylic oxidation sites excluding steroid dienone is 1. The van der Waals surface area contributed by atoms with Gasteiger partial charge in [0.15, 0.2) is 0 Å². The zero-order valence-corrected chi connectivity index (χ0v) is 14.3. The summed E-state index contributed by atoms with van der Waals surface area (Å²) < 4.78 is 9.83. The van der Waals surface area contributed by atoms with Crippen LogP contribution in [0.3, 0.4) is 0 Å². The molecule has 0 aliphatic heterocycles. The first-order chi connectivity index (χ1) is 10.9. The van der Waals surface area contributed by atoms with E-state index < -0.39 is 5.97 Å². The molecule has 0 saturated heterocycles. The summed E-state index contributed by atoms with van der Waals surface area (Å²) in [5.74, 6) is -0.472. The van der Waals surface area contributed by atoms with Gasteiger partial charge in [0.25, 0.3) is 0 Å². The standard InChI is InChI=1S/C18H23NO4/c1-12(2)14(4)19-23-11-16-13(3)8-7-9-15(16)17(10-21-5)18(20)22-6/h7-10H,1,11H2,2-6H3/b17-10+,19-14-. The molecule has 23 heavy (non-hydrogen) atoms. The minimum atomic E-state index is -0.472. The van der Waals surface area contributed by atoms with Crippen molar-refractivity contribution in [3.8, 4) is 0 Å². The van der Waals surface area contributed by atoms with Gasteiger partial charge in [0, 0.05) is 5.56 Å². The van der Waals surface area contributed by atoms with Crippen LogP contribution in [0.2, 0.25) is 0 Å². The highest BCUT2D eigenvalue weighted by Gasteiger charge is 2.18. The highest BCUT2D eigenvalue weighted by molar-refractivity contribution is 6.16. The summed E-state index contributed by atoms with van der Waals surface area (Å²) in [6.07, 6.45) is 1.37. The Morgan fingerprint density at radius 3 is 2.57 bits per heavy atom. The van der Waals surface area contributed by atoms with Crippen molar-refractivity contribution in [2.75, 3.05) is 14.2 Å². The Kier molecular flexibility index (Phi) is 7.06. The van der Waals surface area contributed by atoms with Crippen LogP contribution in [-0.2, 0) is 25.7 Å². The van der Waals surface area contributed by atoms with Crippen molar-refractivity contribution in [2.24, 2.45) is 5.16 Å². The lowest BCUT2D eigenvalue weighted by molar-refractivity contribution is -0.133. The number of aryl methyl sites for hydroxylation is 1. The van der Waals surface area contributed by atoms with Gasteiger partial charge in [0.2, 0.25) is 0 Å². The van der Waals surface area contributed by atoms with Gasteiger partial charge in [-0.3, -0.25) is 0 Å². The van der Waals surface area contributed by atoms with E-state index in [1.807, 2.05) is 39.0 Å². The van der Waals surface area contributed by atoms with Gasteiger partial charge in [-0.15, -0.1) is 0 Å². The first kappa shape index (κ1) is 18.5. The fourth-order valence-electron chi connectivity index (χ4n) is 1.87. The Morgan fingerprint density at radius 1 is 1.30 bits per heavy atom. The zero-order chi connectivity index (χ0) is 17.4. The van der Waals surface area contributed by atoms with Gasteiger partial charge in [-0.25, -0.2) is 4.79 Å². The molecular weight excluding hydrogens is 294 g/mol. The molecule has 0 N–H and O–H groups in total. The van der Waals surface area contributed by atoms with Crippen LogP contribution in [0, 0.1) is 6.92 Å². The Bertz CT molecular complexity index is 644. The molecule has 1 aromatic rings. The fraction of sp³-hybridized carbons (Fsp3) is 0.333. The van der Waals surface area contributed by atoms with Crippen molar-refractivity contribution >= 4 is 17.3 Å². The Hall–Kier alpha value is -2.56. The fourth-order valence-corrected chi connectivity index (χ4v) is 1.87. The second-order valence-electron chi connectivity index (χ2n) is 5.09. The summed E-state index contributed by atoms with van der Waals surface area (Å²) >= 11 is 0. The molecule has 0 radical (unpaired) electrons. The molecule has 0 aliphatic rings. The number of carbonyl (C=O) groups is 1. The molecule has 0 fully saturated rings. The van der Waals surface area contributed by atoms with Gasteiger partial charge in [-0.05, 0) is 37.5 Å². The van der Waals surface area contributed by atoms with Crippen LogP contribution in [0.4, 0.5) is 0 Å². The average molecular weight is 317 g/mol. The second-order valence-corrected chi connectivity index (χ2v) is 5.09. The monoisotopic (exact) mass is 317 g/mol. The summed E-state index contributed by atoms with van der Waals surface area (Å²) in [5.41, 5.74) is 4.42. The number of hydrogen-bond acceptors (Lipinski definition) is 5. The van der Waals surface area contributed by atoms with Gasteiger partial charge in [0.1, 0.15) is 12.2 Å². The van der Waals surface area contributed by atoms with Crippen LogP contribution in [0.15, 0.2) is 41.8 Å². The normalized spacial score (nSPS) is 11.9. The molecule has 0 unspecified atom stereocenters. The highest BCUT2D eigenvalue weighted by atomic mass is 16.6. The second kappa shape index (κ2) is 8.78. The summed E-state index contributed by atoms with van der Waals surface area (Å²) in [5, 5.41) is 4.02. The molecule has 0 bridgehead atoms. The molecular formula is C18H23NO4. The average Bonchev–Trinajstić information content (AvgIpc) is 2.53. The maximum Gasteiger partial charge on any atom is 0.341 e. The van der Waals surface area contributed by atoms with E-state index in [4.69, 9.17) is 14.3 Å². The third-order valence-electron chi connectivity index (χ3n) is 3.37. The van der Waals surface area contributed by atoms with Crippen LogP contribution in [0.25, 0.3) is 5.57 Å². The molecule has 0 aliphatic carbocycles. The summed E-state index contributed by atoms with van der Waals surface area (Å²) in [6, 6.07) is 5.63. The number of oxime groups is 1. The topological polar surface area (TPSA) is 57.1 Å². The van der Waals surface area contributed by atoms with E-state index in [0.29, 0.717) is 11.1 Å². The molecule has 5 nitrogen and oxygen atoms in total. The molecule has 0 spiro atoms. The molecule has 5 heteroatoms.